The third kappa shape index (κ3) is 3.87. The molecule has 0 heterocycles. The molecule has 0 saturated carbocycles. The zero-order chi connectivity index (χ0) is 10.4. The minimum Gasteiger partial charge on any atom is -0.760 e. The Morgan fingerprint density at radius 2 is 2.07 bits per heavy atom. The summed E-state index contributed by atoms with van der Waals surface area (Å²) in [6.45, 7) is 1.07. The molecule has 1 aromatic rings. The maximum Gasteiger partial charge on any atom is 0.0340 e. The Labute approximate surface area is 86.3 Å². The highest BCUT2D eigenvalue weighted by Crippen LogP contribution is 2.03. The van der Waals surface area contributed by atoms with Crippen molar-refractivity contribution in [2.75, 3.05) is 25.5 Å². The van der Waals surface area contributed by atoms with Gasteiger partial charge in [-0.2, -0.15) is 0 Å². The van der Waals surface area contributed by atoms with Crippen molar-refractivity contribution < 1.29 is 8.76 Å². The van der Waals surface area contributed by atoms with Crippen molar-refractivity contribution in [1.29, 1.82) is 0 Å². The minimum absolute atomic E-state index is 0.463. The van der Waals surface area contributed by atoms with Gasteiger partial charge in [0.15, 0.2) is 0 Å². The minimum atomic E-state index is -2.12. The fourth-order valence-electron chi connectivity index (χ4n) is 0.988. The molecule has 1 atom stereocenters. The molecule has 78 valence electrons. The van der Waals surface area contributed by atoms with Crippen LogP contribution in [-0.2, 0) is 11.3 Å². The second kappa shape index (κ2) is 5.74. The monoisotopic (exact) mass is 213 g/mol. The van der Waals surface area contributed by atoms with E-state index in [2.05, 4.69) is 5.32 Å². The summed E-state index contributed by atoms with van der Waals surface area (Å²) in [5, 5.41) is 3.12. The van der Waals surface area contributed by atoms with E-state index in [0.717, 1.165) is 5.69 Å². The molecule has 0 saturated heterocycles. The topological polar surface area (TPSA) is 55.4 Å². The van der Waals surface area contributed by atoms with Crippen molar-refractivity contribution in [3.63, 3.8) is 0 Å². The molecule has 0 aromatic heterocycles. The first-order chi connectivity index (χ1) is 6.70. The number of benzene rings is 1. The van der Waals surface area contributed by atoms with Gasteiger partial charge in [-0.15, -0.1) is 0 Å². The number of nitrogens with zero attached hydrogens (tertiary/aromatic N) is 1. The van der Waals surface area contributed by atoms with E-state index in [0.29, 0.717) is 13.1 Å². The highest BCUT2D eigenvalue weighted by molar-refractivity contribution is 7.76. The summed E-state index contributed by atoms with van der Waals surface area (Å²) in [6, 6.07) is 9.67. The van der Waals surface area contributed by atoms with Crippen LogP contribution in [0.1, 0.15) is 0 Å². The molecule has 0 amide bonds. The predicted octanol–water partition coefficient (Wildman–Crippen LogP) is 0.824. The van der Waals surface area contributed by atoms with Crippen molar-refractivity contribution in [3.05, 3.63) is 30.3 Å². The standard InChI is InChI=1S/C9H14N2O2S/c1-11(14(12)13)8-7-10-9-5-3-2-4-6-9/h2-6,10H,7-8H2,1H3,(H,12,13)/p-1. The average Bonchev–Trinajstić information content (AvgIpc) is 2.19. The molecular formula is C9H13N2O2S-. The van der Waals surface area contributed by atoms with Gasteiger partial charge in [0.25, 0.3) is 0 Å². The van der Waals surface area contributed by atoms with E-state index in [9.17, 15) is 8.76 Å². The van der Waals surface area contributed by atoms with Crippen molar-refractivity contribution in [1.82, 2.24) is 4.31 Å². The number of para-hydroxylation sites is 1. The smallest absolute Gasteiger partial charge is 0.0340 e. The zero-order valence-corrected chi connectivity index (χ0v) is 8.79. The van der Waals surface area contributed by atoms with Gasteiger partial charge in [-0.05, 0) is 19.2 Å². The van der Waals surface area contributed by atoms with Gasteiger partial charge in [0.2, 0.25) is 0 Å². The number of rotatable bonds is 5. The molecule has 14 heavy (non-hydrogen) atoms. The largest absolute Gasteiger partial charge is 0.760 e. The van der Waals surface area contributed by atoms with E-state index >= 15 is 0 Å². The normalized spacial score (nSPS) is 12.8. The molecule has 5 heteroatoms. The quantitative estimate of drug-likeness (QED) is 0.737. The lowest BCUT2D eigenvalue weighted by Crippen LogP contribution is -2.26. The van der Waals surface area contributed by atoms with Crippen molar-refractivity contribution >= 4 is 17.0 Å². The number of likely N-dealkylation sites (N-methyl/N-ethyl adjacent to an activating group) is 1. The van der Waals surface area contributed by atoms with Crippen LogP contribution in [0.3, 0.4) is 0 Å². The number of hydrogen-bond acceptors (Lipinski definition) is 3. The van der Waals surface area contributed by atoms with E-state index in [-0.39, 0.29) is 0 Å². The van der Waals surface area contributed by atoms with Gasteiger partial charge in [-0.25, -0.2) is 4.31 Å². The predicted molar refractivity (Wildman–Crippen MR) is 56.5 cm³/mol. The van der Waals surface area contributed by atoms with Crippen LogP contribution in [0.4, 0.5) is 5.69 Å². The third-order valence-electron chi connectivity index (χ3n) is 1.78. The summed E-state index contributed by atoms with van der Waals surface area (Å²) < 4.78 is 22.1. The van der Waals surface area contributed by atoms with Crippen LogP contribution >= 0.6 is 0 Å². The first-order valence-corrected chi connectivity index (χ1v) is 5.33. The Morgan fingerprint density at radius 3 is 2.64 bits per heavy atom. The van der Waals surface area contributed by atoms with Gasteiger partial charge in [0.1, 0.15) is 0 Å². The molecule has 0 aliphatic carbocycles. The number of nitrogens with one attached hydrogen (secondary N) is 1. The molecule has 1 unspecified atom stereocenters. The Bertz CT molecular complexity index is 292. The Morgan fingerprint density at radius 1 is 1.43 bits per heavy atom. The zero-order valence-electron chi connectivity index (χ0n) is 7.97. The van der Waals surface area contributed by atoms with Gasteiger partial charge in [-0.1, -0.05) is 18.2 Å². The molecule has 1 N–H and O–H groups in total. The summed E-state index contributed by atoms with van der Waals surface area (Å²) in [5.41, 5.74) is 0.998. The van der Waals surface area contributed by atoms with Gasteiger partial charge in [0.05, 0.1) is 0 Å². The fourth-order valence-corrected chi connectivity index (χ4v) is 1.23. The van der Waals surface area contributed by atoms with E-state index in [1.165, 1.54) is 11.4 Å². The van der Waals surface area contributed by atoms with Crippen LogP contribution in [0, 0.1) is 0 Å². The van der Waals surface area contributed by atoms with Crippen molar-refractivity contribution in [3.8, 4) is 0 Å². The lowest BCUT2D eigenvalue weighted by Gasteiger charge is -2.19. The van der Waals surface area contributed by atoms with Gasteiger partial charge >= 0.3 is 0 Å². The van der Waals surface area contributed by atoms with Gasteiger partial charge < -0.3 is 9.87 Å². The van der Waals surface area contributed by atoms with Gasteiger partial charge in [-0.3, -0.25) is 4.21 Å². The van der Waals surface area contributed by atoms with E-state index in [4.69, 9.17) is 0 Å². The highest BCUT2D eigenvalue weighted by atomic mass is 32.2. The van der Waals surface area contributed by atoms with Crippen molar-refractivity contribution in [2.24, 2.45) is 0 Å². The van der Waals surface area contributed by atoms with Crippen LogP contribution < -0.4 is 5.32 Å². The van der Waals surface area contributed by atoms with E-state index in [1.807, 2.05) is 30.3 Å². The summed E-state index contributed by atoms with van der Waals surface area (Å²) >= 11 is -2.12. The molecule has 0 spiro atoms. The van der Waals surface area contributed by atoms with Crippen LogP contribution in [-0.4, -0.2) is 33.2 Å². The molecule has 0 fully saturated rings. The molecule has 0 bridgehead atoms. The molecule has 0 aliphatic rings. The van der Waals surface area contributed by atoms with Crippen molar-refractivity contribution in [2.45, 2.75) is 0 Å². The highest BCUT2D eigenvalue weighted by Gasteiger charge is 1.96. The first-order valence-electron chi connectivity index (χ1n) is 4.29. The second-order valence-corrected chi connectivity index (χ2v) is 3.92. The summed E-state index contributed by atoms with van der Waals surface area (Å²) in [6.07, 6.45) is 0. The SMILES string of the molecule is CN(CCNc1ccccc1)S(=O)[O-]. The molecular weight excluding hydrogens is 200 g/mol. The fraction of sp³-hybridized carbons (Fsp3) is 0.333. The summed E-state index contributed by atoms with van der Waals surface area (Å²) in [5.74, 6) is 0. The number of hydrogen-bond donors (Lipinski definition) is 1. The Hall–Kier alpha value is -0.910. The maximum absolute atomic E-state index is 10.4. The van der Waals surface area contributed by atoms with E-state index in [1.54, 1.807) is 0 Å². The molecule has 4 nitrogen and oxygen atoms in total. The third-order valence-corrected chi connectivity index (χ3v) is 2.48. The molecule has 1 rings (SSSR count). The Kier molecular flexibility index (Phi) is 4.58. The number of anilines is 1. The molecule has 1 aromatic carbocycles. The molecule has 0 radical (unpaired) electrons. The average molecular weight is 213 g/mol. The maximum atomic E-state index is 10.4. The van der Waals surface area contributed by atoms with Gasteiger partial charge in [0, 0.05) is 30.0 Å². The second-order valence-electron chi connectivity index (χ2n) is 2.86. The Balaban J connectivity index is 2.26. The lowest BCUT2D eigenvalue weighted by atomic mass is 10.3. The lowest BCUT2D eigenvalue weighted by molar-refractivity contribution is 0.441. The van der Waals surface area contributed by atoms with Crippen LogP contribution in [0.2, 0.25) is 0 Å². The molecule has 0 aliphatic heterocycles. The van der Waals surface area contributed by atoms with Crippen LogP contribution in [0.15, 0.2) is 30.3 Å². The van der Waals surface area contributed by atoms with Crippen LogP contribution in [0.5, 0.6) is 0 Å². The van der Waals surface area contributed by atoms with E-state index < -0.39 is 11.3 Å². The summed E-state index contributed by atoms with van der Waals surface area (Å²) in [7, 11) is 1.54. The summed E-state index contributed by atoms with van der Waals surface area (Å²) in [4.78, 5) is 0. The first kappa shape index (κ1) is 11.2. The van der Waals surface area contributed by atoms with Crippen LogP contribution in [0.25, 0.3) is 0 Å².